The summed E-state index contributed by atoms with van der Waals surface area (Å²) in [7, 11) is 1.50. The van der Waals surface area contributed by atoms with E-state index in [4.69, 9.17) is 16.3 Å². The van der Waals surface area contributed by atoms with Crippen LogP contribution >= 0.6 is 11.6 Å². The molecule has 1 amide bonds. The van der Waals surface area contributed by atoms with Gasteiger partial charge in [0.1, 0.15) is 5.75 Å². The third-order valence-corrected chi connectivity index (χ3v) is 7.50. The first kappa shape index (κ1) is 23.4. The van der Waals surface area contributed by atoms with Crippen LogP contribution in [0.3, 0.4) is 0 Å². The van der Waals surface area contributed by atoms with E-state index in [9.17, 15) is 13.2 Å². The Labute approximate surface area is 189 Å². The van der Waals surface area contributed by atoms with Crippen LogP contribution in [0.5, 0.6) is 5.75 Å². The average Bonchev–Trinajstić information content (AvgIpc) is 3.03. The van der Waals surface area contributed by atoms with Crippen molar-refractivity contribution < 1.29 is 17.9 Å². The molecule has 1 heterocycles. The maximum Gasteiger partial charge on any atom is 0.259 e. The Hall–Kier alpha value is -2.29. The molecule has 7 nitrogen and oxygen atoms in total. The molecule has 1 aliphatic heterocycles. The highest BCUT2D eigenvalue weighted by Gasteiger charge is 2.27. The summed E-state index contributed by atoms with van der Waals surface area (Å²) in [4.78, 5) is 14.9. The Kier molecular flexibility index (Phi) is 7.46. The van der Waals surface area contributed by atoms with Gasteiger partial charge in [-0.2, -0.15) is 4.31 Å². The van der Waals surface area contributed by atoms with Crippen LogP contribution in [0.2, 0.25) is 5.02 Å². The van der Waals surface area contributed by atoms with Gasteiger partial charge in [0, 0.05) is 32.9 Å². The fourth-order valence-corrected chi connectivity index (χ4v) is 5.50. The van der Waals surface area contributed by atoms with Crippen molar-refractivity contribution in [3.63, 3.8) is 0 Å². The fourth-order valence-electron chi connectivity index (χ4n) is 3.60. The zero-order valence-electron chi connectivity index (χ0n) is 18.0. The molecule has 0 aromatic heterocycles. The number of benzene rings is 2. The van der Waals surface area contributed by atoms with Crippen LogP contribution in [0.15, 0.2) is 41.3 Å². The number of amides is 1. The summed E-state index contributed by atoms with van der Waals surface area (Å²) in [5.74, 6) is -0.179. The molecule has 0 aliphatic carbocycles. The quantitative estimate of drug-likeness (QED) is 0.690. The molecule has 2 aromatic carbocycles. The molecule has 0 spiro atoms. The number of anilines is 2. The molecule has 0 saturated carbocycles. The first-order valence-corrected chi connectivity index (χ1v) is 12.0. The molecule has 1 N–H and O–H groups in total. The van der Waals surface area contributed by atoms with E-state index in [-0.39, 0.29) is 10.5 Å². The minimum Gasteiger partial charge on any atom is -0.496 e. The van der Waals surface area contributed by atoms with E-state index < -0.39 is 15.9 Å². The van der Waals surface area contributed by atoms with Crippen molar-refractivity contribution in [1.29, 1.82) is 0 Å². The lowest BCUT2D eigenvalue weighted by molar-refractivity contribution is 0.102. The Bertz CT molecular complexity index is 1050. The van der Waals surface area contributed by atoms with Crippen molar-refractivity contribution >= 4 is 38.9 Å². The minimum absolute atomic E-state index is 0.0846. The summed E-state index contributed by atoms with van der Waals surface area (Å²) >= 11 is 6.29. The third-order valence-electron chi connectivity index (χ3n) is 5.31. The normalized spacial score (nSPS) is 15.2. The predicted octanol–water partition coefficient (Wildman–Crippen LogP) is 4.23. The monoisotopic (exact) mass is 465 g/mol. The largest absolute Gasteiger partial charge is 0.496 e. The number of sulfonamides is 1. The summed E-state index contributed by atoms with van der Waals surface area (Å²) in [5.41, 5.74) is 1.47. The number of nitrogens with zero attached hydrogens (tertiary/aromatic N) is 2. The Morgan fingerprint density at radius 1 is 1.06 bits per heavy atom. The molecule has 0 atom stereocenters. The number of hydrogen-bond acceptors (Lipinski definition) is 5. The highest BCUT2D eigenvalue weighted by Crippen LogP contribution is 2.30. The highest BCUT2D eigenvalue weighted by atomic mass is 35.5. The van der Waals surface area contributed by atoms with Crippen molar-refractivity contribution in [3.05, 3.63) is 47.0 Å². The molecule has 2 aromatic rings. The number of methoxy groups -OCH3 is 1. The molecule has 0 unspecified atom stereocenters. The Morgan fingerprint density at radius 2 is 1.74 bits per heavy atom. The second-order valence-corrected chi connectivity index (χ2v) is 10.0. The van der Waals surface area contributed by atoms with Crippen LogP contribution in [0, 0.1) is 0 Å². The maximum atomic E-state index is 13.2. The van der Waals surface area contributed by atoms with Crippen molar-refractivity contribution in [2.24, 2.45) is 0 Å². The van der Waals surface area contributed by atoms with E-state index in [0.717, 1.165) is 31.4 Å². The van der Waals surface area contributed by atoms with Crippen LogP contribution < -0.4 is 15.0 Å². The average molecular weight is 466 g/mol. The number of carbonyl (C=O) groups is 1. The van der Waals surface area contributed by atoms with Gasteiger partial charge >= 0.3 is 0 Å². The number of carbonyl (C=O) groups excluding carboxylic acids is 1. The number of nitrogens with one attached hydrogen (secondary N) is 1. The molecule has 1 saturated heterocycles. The van der Waals surface area contributed by atoms with Gasteiger partial charge in [-0.1, -0.05) is 24.4 Å². The van der Waals surface area contributed by atoms with Gasteiger partial charge in [-0.15, -0.1) is 0 Å². The molecule has 3 rings (SSSR count). The van der Waals surface area contributed by atoms with Gasteiger partial charge in [0.15, 0.2) is 0 Å². The lowest BCUT2D eigenvalue weighted by Gasteiger charge is -2.21. The van der Waals surface area contributed by atoms with Gasteiger partial charge in [0.25, 0.3) is 5.91 Å². The van der Waals surface area contributed by atoms with E-state index in [1.165, 1.54) is 29.6 Å². The summed E-state index contributed by atoms with van der Waals surface area (Å²) in [6, 6.07) is 9.57. The van der Waals surface area contributed by atoms with Crippen molar-refractivity contribution in [3.8, 4) is 5.75 Å². The van der Waals surface area contributed by atoms with Gasteiger partial charge in [0.2, 0.25) is 10.0 Å². The van der Waals surface area contributed by atoms with E-state index in [0.29, 0.717) is 29.5 Å². The summed E-state index contributed by atoms with van der Waals surface area (Å²) in [5, 5.41) is 3.27. The molecule has 0 bridgehead atoms. The number of ether oxygens (including phenoxy) is 1. The fraction of sp³-hybridized carbons (Fsp3) is 0.409. The minimum atomic E-state index is -3.69. The predicted molar refractivity (Wildman–Crippen MR) is 124 cm³/mol. The molecule has 1 fully saturated rings. The van der Waals surface area contributed by atoms with Crippen molar-refractivity contribution in [2.75, 3.05) is 44.5 Å². The smallest absolute Gasteiger partial charge is 0.259 e. The standard InChI is InChI=1S/C22H28ClN3O4S/c1-25(2)20-10-8-16(14-19(20)23)24-22(27)18-15-17(9-11-21(18)30-3)31(28,29)26-12-6-4-5-7-13-26/h8-11,14-15H,4-7,12-13H2,1-3H3,(H,24,27). The number of halogens is 1. The van der Waals surface area contributed by atoms with Crippen LogP contribution in [0.4, 0.5) is 11.4 Å². The van der Waals surface area contributed by atoms with Gasteiger partial charge in [0.05, 0.1) is 28.3 Å². The summed E-state index contributed by atoms with van der Waals surface area (Å²) in [6.45, 7) is 0.985. The molecule has 0 radical (unpaired) electrons. The zero-order valence-corrected chi connectivity index (χ0v) is 19.6. The lowest BCUT2D eigenvalue weighted by Crippen LogP contribution is -2.32. The van der Waals surface area contributed by atoms with Crippen LogP contribution in [-0.2, 0) is 10.0 Å². The lowest BCUT2D eigenvalue weighted by atomic mass is 10.1. The number of hydrogen-bond donors (Lipinski definition) is 1. The maximum absolute atomic E-state index is 13.2. The van der Waals surface area contributed by atoms with Crippen LogP contribution in [0.1, 0.15) is 36.0 Å². The second-order valence-electron chi connectivity index (χ2n) is 7.70. The van der Waals surface area contributed by atoms with E-state index in [1.54, 1.807) is 18.2 Å². The molecular weight excluding hydrogens is 438 g/mol. The van der Waals surface area contributed by atoms with E-state index in [2.05, 4.69) is 5.32 Å². The molecule has 168 valence electrons. The molecule has 9 heteroatoms. The first-order chi connectivity index (χ1) is 14.7. The van der Waals surface area contributed by atoms with Crippen LogP contribution in [-0.4, -0.2) is 52.9 Å². The highest BCUT2D eigenvalue weighted by molar-refractivity contribution is 7.89. The SMILES string of the molecule is COc1ccc(S(=O)(=O)N2CCCCCC2)cc1C(=O)Nc1ccc(N(C)C)c(Cl)c1. The molecule has 1 aliphatic rings. The topological polar surface area (TPSA) is 79.0 Å². The van der Waals surface area contributed by atoms with E-state index in [1.807, 2.05) is 19.0 Å². The molecule has 31 heavy (non-hydrogen) atoms. The molecular formula is C22H28ClN3O4S. The van der Waals surface area contributed by atoms with Gasteiger partial charge in [-0.25, -0.2) is 8.42 Å². The van der Waals surface area contributed by atoms with Gasteiger partial charge in [-0.3, -0.25) is 4.79 Å². The summed E-state index contributed by atoms with van der Waals surface area (Å²) in [6.07, 6.45) is 3.73. The third kappa shape index (κ3) is 5.31. The van der Waals surface area contributed by atoms with Crippen molar-refractivity contribution in [2.45, 2.75) is 30.6 Å². The van der Waals surface area contributed by atoms with E-state index >= 15 is 0 Å². The zero-order chi connectivity index (χ0) is 22.6. The number of rotatable bonds is 6. The summed E-state index contributed by atoms with van der Waals surface area (Å²) < 4.78 is 33.1. The van der Waals surface area contributed by atoms with Crippen molar-refractivity contribution in [1.82, 2.24) is 4.31 Å². The first-order valence-electron chi connectivity index (χ1n) is 10.2. The van der Waals surface area contributed by atoms with Crippen LogP contribution in [0.25, 0.3) is 0 Å². The second kappa shape index (κ2) is 9.89. The Balaban J connectivity index is 1.90. The Morgan fingerprint density at radius 3 is 2.32 bits per heavy atom. The van der Waals surface area contributed by atoms with Gasteiger partial charge in [-0.05, 0) is 49.2 Å². The van der Waals surface area contributed by atoms with Gasteiger partial charge < -0.3 is 15.0 Å².